The van der Waals surface area contributed by atoms with Crippen LogP contribution in [0.15, 0.2) is 18.2 Å². The summed E-state index contributed by atoms with van der Waals surface area (Å²) in [5, 5.41) is 11.9. The third-order valence-electron chi connectivity index (χ3n) is 3.05. The van der Waals surface area contributed by atoms with Gasteiger partial charge >= 0.3 is 0 Å². The van der Waals surface area contributed by atoms with Crippen molar-refractivity contribution >= 4 is 27.1 Å². The van der Waals surface area contributed by atoms with Crippen molar-refractivity contribution in [2.24, 2.45) is 0 Å². The third kappa shape index (κ3) is 2.12. The molecule has 2 rings (SSSR count). The smallest absolute Gasteiger partial charge is 0.258 e. The summed E-state index contributed by atoms with van der Waals surface area (Å²) in [6, 6.07) is 5.18. The van der Waals surface area contributed by atoms with Crippen LogP contribution in [0.5, 0.6) is 0 Å². The maximum atomic E-state index is 10.9. The number of nitrogens with zero attached hydrogens (tertiary/aromatic N) is 1. The van der Waals surface area contributed by atoms with Crippen molar-refractivity contribution in [1.82, 2.24) is 0 Å². The van der Waals surface area contributed by atoms with Crippen molar-refractivity contribution in [3.05, 3.63) is 38.8 Å². The fourth-order valence-electron chi connectivity index (χ4n) is 2.26. The van der Waals surface area contributed by atoms with Gasteiger partial charge in [-0.3, -0.25) is 10.1 Å². The number of hydrogen-bond donors (Lipinski definition) is 0. The summed E-state index contributed by atoms with van der Waals surface area (Å²) in [7, 11) is 0. The maximum Gasteiger partial charge on any atom is 0.270 e. The highest BCUT2D eigenvalue weighted by Crippen LogP contribution is 2.41. The van der Waals surface area contributed by atoms with Gasteiger partial charge in [-0.2, -0.15) is 0 Å². The first-order valence-corrected chi connectivity index (χ1v) is 6.94. The first-order valence-electron chi connectivity index (χ1n) is 6.12. The number of fused-ring (bicyclic) bond motifs is 1. The van der Waals surface area contributed by atoms with Crippen LogP contribution in [0.3, 0.4) is 0 Å². The molecule has 0 radical (unpaired) electrons. The molecule has 1 aromatic heterocycles. The Kier molecular flexibility index (Phi) is 3.39. The Hall–Kier alpha value is -1.42. The van der Waals surface area contributed by atoms with E-state index in [9.17, 15) is 10.1 Å². The zero-order valence-electron chi connectivity index (χ0n) is 11.1. The number of hydrogen-bond acceptors (Lipinski definition) is 3. The van der Waals surface area contributed by atoms with Crippen LogP contribution in [-0.2, 0) is 0 Å². The predicted octanol–water partition coefficient (Wildman–Crippen LogP) is 5.06. The van der Waals surface area contributed by atoms with Crippen LogP contribution in [0.4, 0.5) is 5.69 Å². The van der Waals surface area contributed by atoms with E-state index >= 15 is 0 Å². The molecule has 0 saturated carbocycles. The molecule has 18 heavy (non-hydrogen) atoms. The van der Waals surface area contributed by atoms with E-state index in [4.69, 9.17) is 0 Å². The quantitative estimate of drug-likeness (QED) is 0.574. The average molecular weight is 263 g/mol. The van der Waals surface area contributed by atoms with Crippen molar-refractivity contribution in [2.45, 2.75) is 39.5 Å². The first-order chi connectivity index (χ1) is 8.41. The van der Waals surface area contributed by atoms with Crippen molar-refractivity contribution in [3.8, 4) is 0 Å². The predicted molar refractivity (Wildman–Crippen MR) is 76.7 cm³/mol. The molecule has 3 nitrogen and oxygen atoms in total. The van der Waals surface area contributed by atoms with Crippen molar-refractivity contribution in [1.29, 1.82) is 0 Å². The van der Waals surface area contributed by atoms with Gasteiger partial charge in [0, 0.05) is 27.1 Å². The van der Waals surface area contributed by atoms with Crippen LogP contribution in [0, 0.1) is 10.1 Å². The molecule has 0 bridgehead atoms. The summed E-state index contributed by atoms with van der Waals surface area (Å²) in [4.78, 5) is 11.9. The number of non-ortho nitro benzene ring substituents is 1. The highest BCUT2D eigenvalue weighted by molar-refractivity contribution is 7.19. The minimum absolute atomic E-state index is 0.178. The van der Waals surface area contributed by atoms with E-state index in [1.165, 1.54) is 10.4 Å². The third-order valence-corrected chi connectivity index (χ3v) is 4.54. The molecular weight excluding hydrogens is 246 g/mol. The molecule has 0 aliphatic carbocycles. The van der Waals surface area contributed by atoms with Gasteiger partial charge in [-0.1, -0.05) is 27.7 Å². The lowest BCUT2D eigenvalue weighted by molar-refractivity contribution is -0.384. The van der Waals surface area contributed by atoms with Gasteiger partial charge in [-0.05, 0) is 23.5 Å². The van der Waals surface area contributed by atoms with Crippen LogP contribution in [-0.4, -0.2) is 4.92 Å². The summed E-state index contributed by atoms with van der Waals surface area (Å²) in [6.07, 6.45) is 0. The number of rotatable bonds is 3. The number of nitro groups is 1. The summed E-state index contributed by atoms with van der Waals surface area (Å²) in [5.74, 6) is 0.844. The molecule has 1 aromatic carbocycles. The minimum atomic E-state index is -0.323. The van der Waals surface area contributed by atoms with Gasteiger partial charge in [0.2, 0.25) is 0 Å². The van der Waals surface area contributed by atoms with E-state index in [1.807, 2.05) is 6.07 Å². The van der Waals surface area contributed by atoms with E-state index in [0.717, 1.165) is 10.1 Å². The van der Waals surface area contributed by atoms with Crippen molar-refractivity contribution in [2.75, 3.05) is 0 Å². The monoisotopic (exact) mass is 263 g/mol. The fourth-order valence-corrected chi connectivity index (χ4v) is 3.60. The lowest BCUT2D eigenvalue weighted by Crippen LogP contribution is -1.94. The number of thiophene rings is 1. The zero-order chi connectivity index (χ0) is 13.4. The molecule has 0 fully saturated rings. The molecular formula is C14H17NO2S. The van der Waals surface area contributed by atoms with Gasteiger partial charge in [-0.25, -0.2) is 0 Å². The fraction of sp³-hybridized carbons (Fsp3) is 0.429. The first kappa shape index (κ1) is 13.0. The molecule has 0 spiro atoms. The highest BCUT2D eigenvalue weighted by Gasteiger charge is 2.19. The second-order valence-corrected chi connectivity index (χ2v) is 6.21. The van der Waals surface area contributed by atoms with Crippen LogP contribution < -0.4 is 0 Å². The molecule has 0 aliphatic heterocycles. The number of nitro benzene ring substituents is 1. The lowest BCUT2D eigenvalue weighted by Gasteiger charge is -2.10. The summed E-state index contributed by atoms with van der Waals surface area (Å²) in [5.41, 5.74) is 1.45. The molecule has 0 aliphatic rings. The maximum absolute atomic E-state index is 10.9. The van der Waals surface area contributed by atoms with Crippen LogP contribution in [0.25, 0.3) is 10.1 Å². The molecule has 0 unspecified atom stereocenters. The second-order valence-electron chi connectivity index (χ2n) is 5.13. The van der Waals surface area contributed by atoms with E-state index < -0.39 is 0 Å². The average Bonchev–Trinajstić information content (AvgIpc) is 2.66. The van der Waals surface area contributed by atoms with E-state index in [1.54, 1.807) is 23.5 Å². The normalized spacial score (nSPS) is 11.7. The Morgan fingerprint density at radius 1 is 1.17 bits per heavy atom. The van der Waals surface area contributed by atoms with Gasteiger partial charge < -0.3 is 0 Å². The summed E-state index contributed by atoms with van der Waals surface area (Å²) in [6.45, 7) is 8.63. The Morgan fingerprint density at radius 3 is 2.33 bits per heavy atom. The van der Waals surface area contributed by atoms with E-state index in [-0.39, 0.29) is 10.6 Å². The molecule has 0 amide bonds. The van der Waals surface area contributed by atoms with Gasteiger partial charge in [0.1, 0.15) is 0 Å². The molecule has 0 N–H and O–H groups in total. The topological polar surface area (TPSA) is 43.1 Å². The van der Waals surface area contributed by atoms with Crippen molar-refractivity contribution < 1.29 is 4.92 Å². The molecule has 1 heterocycles. The standard InChI is InChI=1S/C14H17NO2S/c1-8(2)13-11-7-10(15(16)17)5-6-12(11)18-14(13)9(3)4/h5-9H,1-4H3. The molecule has 96 valence electrons. The summed E-state index contributed by atoms with van der Waals surface area (Å²) < 4.78 is 1.15. The number of benzene rings is 1. The SMILES string of the molecule is CC(C)c1sc2ccc([N+](=O)[O-])cc2c1C(C)C. The molecule has 0 saturated heterocycles. The van der Waals surface area contributed by atoms with Crippen molar-refractivity contribution in [3.63, 3.8) is 0 Å². The van der Waals surface area contributed by atoms with E-state index in [0.29, 0.717) is 11.8 Å². The Labute approximate surface area is 111 Å². The largest absolute Gasteiger partial charge is 0.270 e. The molecule has 0 atom stereocenters. The minimum Gasteiger partial charge on any atom is -0.258 e. The second kappa shape index (κ2) is 4.69. The highest BCUT2D eigenvalue weighted by atomic mass is 32.1. The molecule has 4 heteroatoms. The zero-order valence-corrected chi connectivity index (χ0v) is 11.9. The Morgan fingerprint density at radius 2 is 1.83 bits per heavy atom. The van der Waals surface area contributed by atoms with E-state index in [2.05, 4.69) is 27.7 Å². The van der Waals surface area contributed by atoms with Crippen LogP contribution in [0.2, 0.25) is 0 Å². The molecule has 2 aromatic rings. The van der Waals surface area contributed by atoms with Crippen LogP contribution >= 0.6 is 11.3 Å². The Balaban J connectivity index is 2.75. The van der Waals surface area contributed by atoms with Gasteiger partial charge in [-0.15, -0.1) is 11.3 Å². The van der Waals surface area contributed by atoms with Gasteiger partial charge in [0.25, 0.3) is 5.69 Å². The Bertz CT molecular complexity index is 599. The summed E-state index contributed by atoms with van der Waals surface area (Å²) >= 11 is 1.76. The van der Waals surface area contributed by atoms with Crippen LogP contribution in [0.1, 0.15) is 50.0 Å². The van der Waals surface area contributed by atoms with Gasteiger partial charge in [0.15, 0.2) is 0 Å². The lowest BCUT2D eigenvalue weighted by atomic mass is 9.95. The van der Waals surface area contributed by atoms with Gasteiger partial charge in [0.05, 0.1) is 4.92 Å².